The molecule has 0 aliphatic rings. The smallest absolute Gasteiger partial charge is 0.344 e. The molecule has 0 aliphatic carbocycles. The van der Waals surface area contributed by atoms with Gasteiger partial charge in [-0.1, -0.05) is 17.3 Å². The molecule has 5 nitrogen and oxygen atoms in total. The number of alkyl halides is 3. The Morgan fingerprint density at radius 1 is 1.40 bits per heavy atom. The summed E-state index contributed by atoms with van der Waals surface area (Å²) in [6.07, 6.45) is -4.41. The minimum absolute atomic E-state index is 0.0653. The van der Waals surface area contributed by atoms with Crippen LogP contribution in [-0.4, -0.2) is 16.0 Å². The van der Waals surface area contributed by atoms with E-state index in [2.05, 4.69) is 20.0 Å². The molecule has 20 heavy (non-hydrogen) atoms. The van der Waals surface area contributed by atoms with Crippen LogP contribution >= 0.6 is 0 Å². The third-order valence-corrected chi connectivity index (χ3v) is 2.43. The fourth-order valence-corrected chi connectivity index (χ4v) is 1.50. The highest BCUT2D eigenvalue weighted by Gasteiger charge is 2.30. The highest BCUT2D eigenvalue weighted by molar-refractivity contribution is 5.89. The third-order valence-electron chi connectivity index (χ3n) is 2.43. The highest BCUT2D eigenvalue weighted by atomic mass is 19.4. The van der Waals surface area contributed by atoms with Crippen LogP contribution in [0, 0.1) is 6.92 Å². The number of halogens is 3. The van der Waals surface area contributed by atoms with Crippen LogP contribution in [0.5, 0.6) is 0 Å². The Labute approximate surface area is 111 Å². The number of nitrogens with one attached hydrogen (secondary N) is 1. The minimum atomic E-state index is -4.41. The van der Waals surface area contributed by atoms with Gasteiger partial charge >= 0.3 is 18.0 Å². The van der Waals surface area contributed by atoms with Crippen LogP contribution in [0.2, 0.25) is 0 Å². The number of hydrogen-bond donors (Lipinski definition) is 1. The third kappa shape index (κ3) is 3.34. The van der Waals surface area contributed by atoms with Gasteiger partial charge in [0.15, 0.2) is 5.82 Å². The lowest BCUT2D eigenvalue weighted by molar-refractivity contribution is -0.137. The van der Waals surface area contributed by atoms with E-state index in [9.17, 15) is 18.0 Å². The Bertz CT molecular complexity index is 622. The molecule has 0 aliphatic heterocycles. The van der Waals surface area contributed by atoms with Crippen molar-refractivity contribution >= 4 is 5.91 Å². The number of carbonyl (C=O) groups is 1. The predicted octanol–water partition coefficient (Wildman–Crippen LogP) is 2.33. The Morgan fingerprint density at radius 2 is 2.15 bits per heavy atom. The lowest BCUT2D eigenvalue weighted by Gasteiger charge is -2.08. The second kappa shape index (κ2) is 5.32. The molecule has 0 saturated carbocycles. The van der Waals surface area contributed by atoms with Gasteiger partial charge in [0, 0.05) is 6.54 Å². The molecule has 0 atom stereocenters. The number of amides is 1. The molecule has 8 heteroatoms. The van der Waals surface area contributed by atoms with Gasteiger partial charge in [-0.15, -0.1) is 0 Å². The number of hydrogen-bond acceptors (Lipinski definition) is 4. The van der Waals surface area contributed by atoms with E-state index in [0.717, 1.165) is 12.1 Å². The van der Waals surface area contributed by atoms with Crippen molar-refractivity contribution in [2.24, 2.45) is 0 Å². The van der Waals surface area contributed by atoms with E-state index in [0.29, 0.717) is 11.4 Å². The molecule has 1 heterocycles. The average molecular weight is 285 g/mol. The van der Waals surface area contributed by atoms with E-state index in [-0.39, 0.29) is 12.4 Å². The van der Waals surface area contributed by atoms with Gasteiger partial charge in [0.2, 0.25) is 0 Å². The van der Waals surface area contributed by atoms with Gasteiger partial charge in [0.1, 0.15) is 0 Å². The molecule has 1 amide bonds. The van der Waals surface area contributed by atoms with Crippen molar-refractivity contribution in [1.82, 2.24) is 15.5 Å². The summed E-state index contributed by atoms with van der Waals surface area (Å²) in [4.78, 5) is 15.3. The molecule has 0 bridgehead atoms. The van der Waals surface area contributed by atoms with Crippen molar-refractivity contribution in [3.8, 4) is 0 Å². The fraction of sp³-hybridized carbons (Fsp3) is 0.250. The van der Waals surface area contributed by atoms with Crippen LogP contribution < -0.4 is 5.32 Å². The second-order valence-corrected chi connectivity index (χ2v) is 4.03. The Kier molecular flexibility index (Phi) is 3.73. The molecule has 0 spiro atoms. The Morgan fingerprint density at radius 3 is 2.75 bits per heavy atom. The molecule has 1 aromatic heterocycles. The molecule has 0 radical (unpaired) electrons. The van der Waals surface area contributed by atoms with Crippen molar-refractivity contribution in [3.05, 3.63) is 47.1 Å². The first kappa shape index (κ1) is 14.0. The van der Waals surface area contributed by atoms with Gasteiger partial charge in [0.25, 0.3) is 0 Å². The second-order valence-electron chi connectivity index (χ2n) is 4.03. The maximum absolute atomic E-state index is 12.5. The van der Waals surface area contributed by atoms with Gasteiger partial charge < -0.3 is 9.84 Å². The summed E-state index contributed by atoms with van der Waals surface area (Å²) in [5.74, 6) is -0.563. The van der Waals surface area contributed by atoms with Gasteiger partial charge in [-0.2, -0.15) is 18.2 Å². The Balaban J connectivity index is 2.02. The van der Waals surface area contributed by atoms with Crippen molar-refractivity contribution in [2.75, 3.05) is 0 Å². The monoisotopic (exact) mass is 285 g/mol. The summed E-state index contributed by atoms with van der Waals surface area (Å²) in [6.45, 7) is 1.48. The molecule has 0 fully saturated rings. The van der Waals surface area contributed by atoms with Crippen molar-refractivity contribution in [2.45, 2.75) is 19.6 Å². The zero-order valence-corrected chi connectivity index (χ0v) is 10.4. The number of aryl methyl sites for hydroxylation is 1. The number of rotatable bonds is 3. The molecule has 1 aromatic carbocycles. The summed E-state index contributed by atoms with van der Waals surface area (Å²) in [6, 6.07) is 4.70. The number of aromatic nitrogens is 2. The van der Waals surface area contributed by atoms with Crippen LogP contribution in [0.1, 0.15) is 27.6 Å². The summed E-state index contributed by atoms with van der Waals surface area (Å²) in [7, 11) is 0. The highest BCUT2D eigenvalue weighted by Crippen LogP contribution is 2.29. The van der Waals surface area contributed by atoms with Gasteiger partial charge in [0.05, 0.1) is 5.56 Å². The van der Waals surface area contributed by atoms with Crippen LogP contribution in [0.25, 0.3) is 0 Å². The van der Waals surface area contributed by atoms with Crippen LogP contribution in [0.15, 0.2) is 28.8 Å². The van der Waals surface area contributed by atoms with Crippen LogP contribution in [0.3, 0.4) is 0 Å². The first-order valence-corrected chi connectivity index (χ1v) is 5.61. The summed E-state index contributed by atoms with van der Waals surface area (Å²) in [5.41, 5.74) is -0.442. The SMILES string of the molecule is Cc1noc(C(=O)NCc2cccc(C(F)(F)F)c2)n1. The number of nitrogens with zero attached hydrogens (tertiary/aromatic N) is 2. The molecule has 0 saturated heterocycles. The van der Waals surface area contributed by atoms with Crippen LogP contribution in [-0.2, 0) is 12.7 Å². The number of benzene rings is 1. The van der Waals surface area contributed by atoms with Gasteiger partial charge in [-0.05, 0) is 24.6 Å². The first-order valence-electron chi connectivity index (χ1n) is 5.61. The molecule has 106 valence electrons. The van der Waals surface area contributed by atoms with E-state index in [1.807, 2.05) is 0 Å². The van der Waals surface area contributed by atoms with E-state index >= 15 is 0 Å². The van der Waals surface area contributed by atoms with E-state index < -0.39 is 17.6 Å². The van der Waals surface area contributed by atoms with Crippen molar-refractivity contribution in [1.29, 1.82) is 0 Å². The number of carbonyl (C=O) groups excluding carboxylic acids is 1. The maximum Gasteiger partial charge on any atom is 0.416 e. The molecule has 1 N–H and O–H groups in total. The van der Waals surface area contributed by atoms with E-state index in [1.54, 1.807) is 6.92 Å². The quantitative estimate of drug-likeness (QED) is 0.939. The van der Waals surface area contributed by atoms with E-state index in [4.69, 9.17) is 0 Å². The molecule has 2 rings (SSSR count). The van der Waals surface area contributed by atoms with Gasteiger partial charge in [-0.3, -0.25) is 4.79 Å². The predicted molar refractivity (Wildman–Crippen MR) is 61.6 cm³/mol. The summed E-state index contributed by atoms with van der Waals surface area (Å²) >= 11 is 0. The fourth-order valence-electron chi connectivity index (χ4n) is 1.50. The van der Waals surface area contributed by atoms with E-state index in [1.165, 1.54) is 12.1 Å². The minimum Gasteiger partial charge on any atom is -0.344 e. The normalized spacial score (nSPS) is 11.4. The topological polar surface area (TPSA) is 68.0 Å². The van der Waals surface area contributed by atoms with Crippen molar-refractivity contribution < 1.29 is 22.5 Å². The summed E-state index contributed by atoms with van der Waals surface area (Å²) in [5, 5.41) is 5.85. The molecular weight excluding hydrogens is 275 g/mol. The standard InChI is InChI=1S/C12H10F3N3O2/c1-7-17-11(20-18-7)10(19)16-6-8-3-2-4-9(5-8)12(13,14)15/h2-5H,6H2,1H3,(H,16,19). The van der Waals surface area contributed by atoms with Crippen molar-refractivity contribution in [3.63, 3.8) is 0 Å². The summed E-state index contributed by atoms with van der Waals surface area (Å²) < 4.78 is 42.2. The average Bonchev–Trinajstić information content (AvgIpc) is 2.82. The van der Waals surface area contributed by atoms with Gasteiger partial charge in [-0.25, -0.2) is 0 Å². The lowest BCUT2D eigenvalue weighted by Crippen LogP contribution is -2.23. The molecule has 2 aromatic rings. The largest absolute Gasteiger partial charge is 0.416 e. The lowest BCUT2D eigenvalue weighted by atomic mass is 10.1. The first-order chi connectivity index (χ1) is 9.36. The van der Waals surface area contributed by atoms with Crippen LogP contribution in [0.4, 0.5) is 13.2 Å². The molecular formula is C12H10F3N3O2. The zero-order valence-electron chi connectivity index (χ0n) is 10.4. The maximum atomic E-state index is 12.5. The zero-order chi connectivity index (χ0) is 14.8. The molecule has 0 unspecified atom stereocenters. The Hall–Kier alpha value is -2.38.